The van der Waals surface area contributed by atoms with Gasteiger partial charge in [0.1, 0.15) is 6.10 Å². The fourth-order valence-electron chi connectivity index (χ4n) is 4.23. The van der Waals surface area contributed by atoms with Gasteiger partial charge < -0.3 is 9.47 Å². The third kappa shape index (κ3) is 1.33. The number of nitrogens with one attached hydrogen (secondary N) is 1. The number of hydrogen-bond donors (Lipinski definition) is 1. The summed E-state index contributed by atoms with van der Waals surface area (Å²) in [6, 6.07) is 6.21. The third-order valence-electron chi connectivity index (χ3n) is 5.23. The van der Waals surface area contributed by atoms with E-state index < -0.39 is 28.6 Å². The van der Waals surface area contributed by atoms with Crippen LogP contribution in [-0.4, -0.2) is 17.8 Å². The Morgan fingerprint density at radius 1 is 1.23 bits per heavy atom. The predicted molar refractivity (Wildman–Crippen MR) is 74.9 cm³/mol. The van der Waals surface area contributed by atoms with Crippen LogP contribution < -0.4 is 0 Å². The van der Waals surface area contributed by atoms with Crippen molar-refractivity contribution < 1.29 is 9.47 Å². The van der Waals surface area contributed by atoms with E-state index in [-0.39, 0.29) is 5.90 Å². The largest absolute Gasteiger partial charge is 0.447 e. The molecule has 2 bridgehead atoms. The van der Waals surface area contributed by atoms with Crippen molar-refractivity contribution in [2.45, 2.75) is 44.5 Å². The molecule has 6 heteroatoms. The molecule has 1 saturated carbocycles. The number of nitrogens with zero attached hydrogens (tertiary/aromatic N) is 3. The molecule has 4 rings (SSSR count). The molecule has 1 spiro atoms. The smallest absolute Gasteiger partial charge is 0.218 e. The molecule has 0 aromatic rings. The zero-order valence-electron chi connectivity index (χ0n) is 12.3. The van der Waals surface area contributed by atoms with Crippen molar-refractivity contribution in [2.75, 3.05) is 0 Å². The summed E-state index contributed by atoms with van der Waals surface area (Å²) in [5.41, 5.74) is -3.34. The quantitative estimate of drug-likeness (QED) is 0.746. The highest BCUT2D eigenvalue weighted by molar-refractivity contribution is 5.89. The maximum atomic E-state index is 9.84. The molecule has 22 heavy (non-hydrogen) atoms. The average molecular weight is 296 g/mol. The molecule has 0 amide bonds. The Balaban J connectivity index is 2.32. The summed E-state index contributed by atoms with van der Waals surface area (Å²) in [5, 5.41) is 37.8. The van der Waals surface area contributed by atoms with E-state index in [1.165, 1.54) is 0 Å². The number of nitriles is 3. The van der Waals surface area contributed by atoms with Crippen molar-refractivity contribution in [3.63, 3.8) is 0 Å². The third-order valence-corrected chi connectivity index (χ3v) is 5.23. The van der Waals surface area contributed by atoms with Gasteiger partial charge in [0.15, 0.2) is 10.8 Å². The van der Waals surface area contributed by atoms with Gasteiger partial charge in [-0.3, -0.25) is 5.41 Å². The standard InChI is InChI=1S/C16H16N4O2/c1-2-5-12-15(10-19)13(20)22-16(21-12)7-4-3-6-11(16)14(15,8-17)9-18/h2,5,11-12,20H,3-4,6-7H2,1H3/b5-2+,20-13?. The first kappa shape index (κ1) is 14.6. The second kappa shape index (κ2) is 4.57. The van der Waals surface area contributed by atoms with E-state index in [0.717, 1.165) is 12.8 Å². The van der Waals surface area contributed by atoms with Gasteiger partial charge >= 0.3 is 0 Å². The van der Waals surface area contributed by atoms with Crippen molar-refractivity contribution in [1.29, 1.82) is 21.2 Å². The van der Waals surface area contributed by atoms with Gasteiger partial charge in [-0.15, -0.1) is 0 Å². The van der Waals surface area contributed by atoms with E-state index in [2.05, 4.69) is 12.1 Å². The maximum Gasteiger partial charge on any atom is 0.218 e. The highest BCUT2D eigenvalue weighted by Crippen LogP contribution is 2.65. The van der Waals surface area contributed by atoms with Crippen molar-refractivity contribution in [2.24, 2.45) is 16.7 Å². The summed E-state index contributed by atoms with van der Waals surface area (Å²) in [4.78, 5) is 0. The number of fused-ring (bicyclic) bond motifs is 2. The first-order valence-electron chi connectivity index (χ1n) is 7.39. The maximum absolute atomic E-state index is 9.84. The van der Waals surface area contributed by atoms with Crippen LogP contribution in [0.2, 0.25) is 0 Å². The summed E-state index contributed by atoms with van der Waals surface area (Å²) in [6.45, 7) is 1.78. The summed E-state index contributed by atoms with van der Waals surface area (Å²) < 4.78 is 11.8. The molecule has 4 atom stereocenters. The first-order valence-corrected chi connectivity index (χ1v) is 7.39. The number of allylic oxidation sites excluding steroid dienone is 1. The van der Waals surface area contributed by atoms with Gasteiger partial charge in [-0.05, 0) is 19.8 Å². The number of rotatable bonds is 1. The second-order valence-electron chi connectivity index (χ2n) is 6.06. The van der Waals surface area contributed by atoms with Crippen molar-refractivity contribution >= 4 is 5.90 Å². The molecule has 4 aliphatic rings. The Hall–Kier alpha value is -2.36. The Morgan fingerprint density at radius 3 is 2.55 bits per heavy atom. The van der Waals surface area contributed by atoms with Crippen LogP contribution in [0.15, 0.2) is 12.2 Å². The minimum absolute atomic E-state index is 0.314. The summed E-state index contributed by atoms with van der Waals surface area (Å²) in [6.07, 6.45) is 5.35. The highest BCUT2D eigenvalue weighted by Gasteiger charge is 2.79. The second-order valence-corrected chi connectivity index (χ2v) is 6.06. The van der Waals surface area contributed by atoms with Crippen LogP contribution in [0.25, 0.3) is 0 Å². The lowest BCUT2D eigenvalue weighted by molar-refractivity contribution is -0.347. The number of hydrogen-bond acceptors (Lipinski definition) is 6. The van der Waals surface area contributed by atoms with E-state index in [9.17, 15) is 15.8 Å². The molecule has 3 saturated heterocycles. The molecule has 4 unspecified atom stereocenters. The highest BCUT2D eigenvalue weighted by atomic mass is 16.7. The Morgan fingerprint density at radius 2 is 1.95 bits per heavy atom. The van der Waals surface area contributed by atoms with E-state index in [0.29, 0.717) is 12.8 Å². The fourth-order valence-corrected chi connectivity index (χ4v) is 4.23. The van der Waals surface area contributed by atoms with Crippen molar-refractivity contribution in [3.8, 4) is 18.2 Å². The van der Waals surface area contributed by atoms with Crippen molar-refractivity contribution in [1.82, 2.24) is 0 Å². The average Bonchev–Trinajstić information content (AvgIpc) is 2.53. The Labute approximate surface area is 129 Å². The summed E-state index contributed by atoms with van der Waals surface area (Å²) in [7, 11) is 0. The van der Waals surface area contributed by atoms with Crippen LogP contribution in [0.4, 0.5) is 0 Å². The van der Waals surface area contributed by atoms with E-state index in [1.54, 1.807) is 19.1 Å². The topological polar surface area (TPSA) is 114 Å². The van der Waals surface area contributed by atoms with E-state index in [1.807, 2.05) is 6.07 Å². The monoisotopic (exact) mass is 296 g/mol. The molecule has 3 heterocycles. The predicted octanol–water partition coefficient (Wildman–Crippen LogP) is 2.40. The first-order chi connectivity index (χ1) is 10.6. The lowest BCUT2D eigenvalue weighted by atomic mass is 9.49. The Kier molecular flexibility index (Phi) is 3.02. The van der Waals surface area contributed by atoms with Gasteiger partial charge in [-0.2, -0.15) is 15.8 Å². The molecule has 1 N–H and O–H groups in total. The minimum atomic E-state index is -1.72. The van der Waals surface area contributed by atoms with Crippen LogP contribution in [0.5, 0.6) is 0 Å². The Bertz CT molecular complexity index is 666. The van der Waals surface area contributed by atoms with Gasteiger partial charge in [-0.25, -0.2) is 0 Å². The lowest BCUT2D eigenvalue weighted by Gasteiger charge is -2.63. The van der Waals surface area contributed by atoms with Gasteiger partial charge in [0, 0.05) is 6.42 Å². The zero-order valence-corrected chi connectivity index (χ0v) is 12.3. The molecular formula is C16H16N4O2. The SMILES string of the molecule is C/C=C/C1OC23CCCCC2C(C#N)(C#N)C1(C#N)C(=N)O3. The minimum Gasteiger partial charge on any atom is -0.447 e. The normalized spacial score (nSPS) is 41.8. The van der Waals surface area contributed by atoms with Gasteiger partial charge in [-0.1, -0.05) is 18.6 Å². The van der Waals surface area contributed by atoms with Gasteiger partial charge in [0.05, 0.1) is 24.1 Å². The molecular weight excluding hydrogens is 280 g/mol. The molecule has 4 fully saturated rings. The molecule has 0 radical (unpaired) electrons. The number of ether oxygens (including phenoxy) is 2. The van der Waals surface area contributed by atoms with Gasteiger partial charge in [0.25, 0.3) is 0 Å². The van der Waals surface area contributed by atoms with E-state index >= 15 is 0 Å². The van der Waals surface area contributed by atoms with Crippen LogP contribution >= 0.6 is 0 Å². The van der Waals surface area contributed by atoms with Crippen LogP contribution in [-0.2, 0) is 9.47 Å². The summed E-state index contributed by atoms with van der Waals surface area (Å²) in [5.74, 6) is -1.96. The van der Waals surface area contributed by atoms with Crippen LogP contribution in [0, 0.1) is 56.2 Å². The lowest BCUT2D eigenvalue weighted by Crippen LogP contribution is -2.75. The van der Waals surface area contributed by atoms with Gasteiger partial charge in [0.2, 0.25) is 11.7 Å². The molecule has 6 nitrogen and oxygen atoms in total. The molecule has 0 aromatic heterocycles. The fraction of sp³-hybridized carbons (Fsp3) is 0.625. The zero-order chi connectivity index (χ0) is 16.0. The summed E-state index contributed by atoms with van der Waals surface area (Å²) >= 11 is 0. The van der Waals surface area contributed by atoms with E-state index in [4.69, 9.17) is 14.9 Å². The molecule has 0 aromatic carbocycles. The van der Waals surface area contributed by atoms with Crippen molar-refractivity contribution in [3.05, 3.63) is 12.2 Å². The van der Waals surface area contributed by atoms with Crippen LogP contribution in [0.1, 0.15) is 32.6 Å². The van der Waals surface area contributed by atoms with Crippen LogP contribution in [0.3, 0.4) is 0 Å². The molecule has 1 aliphatic carbocycles. The molecule has 3 aliphatic heterocycles. The molecule has 112 valence electrons.